The van der Waals surface area contributed by atoms with Gasteiger partial charge in [-0.15, -0.1) is 0 Å². The van der Waals surface area contributed by atoms with Gasteiger partial charge in [-0.2, -0.15) is 0 Å². The molecular weight excluding hydrogens is 386 g/mol. The van der Waals surface area contributed by atoms with E-state index in [2.05, 4.69) is 30.7 Å². The van der Waals surface area contributed by atoms with Crippen molar-refractivity contribution in [2.24, 2.45) is 17.3 Å². The van der Waals surface area contributed by atoms with Crippen LogP contribution in [0.5, 0.6) is 0 Å². The Hall–Kier alpha value is -1.66. The molecule has 3 aliphatic rings. The maximum absolute atomic E-state index is 11.7. The molecule has 6 heteroatoms. The second kappa shape index (κ2) is 9.90. The summed E-state index contributed by atoms with van der Waals surface area (Å²) in [5.41, 5.74) is -0.261. The third-order valence-corrected chi connectivity index (χ3v) is 7.31. The average molecular weight is 422 g/mol. The minimum Gasteiger partial charge on any atom is -0.481 e. The Morgan fingerprint density at radius 2 is 1.69 bits per heavy atom. The van der Waals surface area contributed by atoms with Gasteiger partial charge in [0, 0.05) is 12.0 Å². The van der Waals surface area contributed by atoms with Crippen molar-refractivity contribution in [2.45, 2.75) is 64.3 Å². The second-order valence-electron chi connectivity index (χ2n) is 9.03. The first-order valence-corrected chi connectivity index (χ1v) is 12.3. The molecule has 1 aromatic carbocycles. The van der Waals surface area contributed by atoms with Gasteiger partial charge in [-0.1, -0.05) is 62.4 Å². The van der Waals surface area contributed by atoms with Crippen LogP contribution in [0.25, 0.3) is 0 Å². The zero-order valence-electron chi connectivity index (χ0n) is 17.8. The van der Waals surface area contributed by atoms with Crippen molar-refractivity contribution >= 4 is 16.0 Å². The van der Waals surface area contributed by atoms with Gasteiger partial charge in [-0.25, -0.2) is 13.1 Å². The molecule has 5 nitrogen and oxygen atoms in total. The van der Waals surface area contributed by atoms with Crippen LogP contribution < -0.4 is 4.72 Å². The Kier molecular flexibility index (Phi) is 8.06. The van der Waals surface area contributed by atoms with Crippen LogP contribution in [0.1, 0.15) is 58.8 Å². The molecule has 0 heterocycles. The highest BCUT2D eigenvalue weighted by molar-refractivity contribution is 7.88. The van der Waals surface area contributed by atoms with Crippen molar-refractivity contribution in [3.8, 4) is 0 Å². The van der Waals surface area contributed by atoms with E-state index < -0.39 is 16.0 Å². The van der Waals surface area contributed by atoms with E-state index in [9.17, 15) is 13.2 Å². The number of hydrogen-bond donors (Lipinski definition) is 2. The first kappa shape index (κ1) is 23.6. The molecule has 0 amide bonds. The van der Waals surface area contributed by atoms with Gasteiger partial charge in [0.15, 0.2) is 0 Å². The van der Waals surface area contributed by atoms with Gasteiger partial charge >= 0.3 is 5.97 Å². The van der Waals surface area contributed by atoms with Crippen LogP contribution in [0.4, 0.5) is 0 Å². The van der Waals surface area contributed by atoms with E-state index in [1.165, 1.54) is 6.26 Å². The average Bonchev–Trinajstić information content (AvgIpc) is 2.64. The Morgan fingerprint density at radius 3 is 2.17 bits per heavy atom. The third-order valence-electron chi connectivity index (χ3n) is 6.55. The van der Waals surface area contributed by atoms with Crippen molar-refractivity contribution in [1.29, 1.82) is 0 Å². The van der Waals surface area contributed by atoms with E-state index >= 15 is 0 Å². The highest BCUT2D eigenvalue weighted by atomic mass is 32.2. The lowest BCUT2D eigenvalue weighted by molar-refractivity contribution is -0.137. The number of hydrogen-bond acceptors (Lipinski definition) is 3. The zero-order valence-corrected chi connectivity index (χ0v) is 18.6. The van der Waals surface area contributed by atoms with Crippen LogP contribution in [0.3, 0.4) is 0 Å². The van der Waals surface area contributed by atoms with Gasteiger partial charge in [0.1, 0.15) is 0 Å². The molecule has 0 spiro atoms. The van der Waals surface area contributed by atoms with E-state index in [1.54, 1.807) is 0 Å². The summed E-state index contributed by atoms with van der Waals surface area (Å²) in [5, 5.41) is 8.60. The largest absolute Gasteiger partial charge is 0.481 e. The Morgan fingerprint density at radius 1 is 1.10 bits per heavy atom. The van der Waals surface area contributed by atoms with Crippen molar-refractivity contribution in [3.63, 3.8) is 0 Å². The Balaban J connectivity index is 0.000000426. The van der Waals surface area contributed by atoms with Crippen LogP contribution in [-0.4, -0.2) is 31.3 Å². The van der Waals surface area contributed by atoms with Crippen molar-refractivity contribution in [1.82, 2.24) is 4.72 Å². The third kappa shape index (κ3) is 6.68. The Labute approximate surface area is 175 Å². The lowest BCUT2D eigenvalue weighted by atomic mass is 9.42. The lowest BCUT2D eigenvalue weighted by Crippen LogP contribution is -2.72. The molecule has 3 fully saturated rings. The monoisotopic (exact) mass is 421 g/mol. The van der Waals surface area contributed by atoms with Gasteiger partial charge in [-0.05, 0) is 55.8 Å². The fraction of sp³-hybridized carbons (Fsp3) is 0.609. The number of carboxylic acid groups (broad SMARTS) is 1. The molecule has 0 aromatic heterocycles. The Bertz CT molecular complexity index is 762. The number of sulfonamides is 1. The van der Waals surface area contributed by atoms with Gasteiger partial charge in [0.05, 0.1) is 6.26 Å². The smallest absolute Gasteiger partial charge is 0.303 e. The van der Waals surface area contributed by atoms with Crippen molar-refractivity contribution in [2.75, 3.05) is 6.26 Å². The van der Waals surface area contributed by atoms with Crippen LogP contribution in [0, 0.1) is 17.3 Å². The molecule has 0 radical (unpaired) electrons. The predicted molar refractivity (Wildman–Crippen MR) is 117 cm³/mol. The molecule has 3 unspecified atom stereocenters. The number of aliphatic carboxylic acids is 1. The topological polar surface area (TPSA) is 83.5 Å². The van der Waals surface area contributed by atoms with Crippen molar-refractivity contribution in [3.05, 3.63) is 48.6 Å². The first-order chi connectivity index (χ1) is 13.6. The molecule has 3 saturated carbocycles. The summed E-state index contributed by atoms with van der Waals surface area (Å²) in [5.74, 6) is 0.337. The van der Waals surface area contributed by atoms with E-state index in [0.717, 1.165) is 32.1 Å². The van der Waals surface area contributed by atoms with Crippen LogP contribution in [0.15, 0.2) is 48.6 Å². The minimum atomic E-state index is -3.20. The number of rotatable bonds is 8. The molecule has 1 aromatic rings. The van der Waals surface area contributed by atoms with Gasteiger partial charge in [0.2, 0.25) is 10.0 Å². The maximum atomic E-state index is 11.7. The van der Waals surface area contributed by atoms with E-state index in [0.29, 0.717) is 18.3 Å². The normalized spacial score (nSPS) is 27.6. The highest BCUT2D eigenvalue weighted by Gasteiger charge is 2.64. The summed E-state index contributed by atoms with van der Waals surface area (Å²) in [6.45, 7) is 4.36. The molecular formula is C23H35NO4S. The molecule has 3 atom stereocenters. The summed E-state index contributed by atoms with van der Waals surface area (Å²) in [6.07, 6.45) is 11.1. The number of nitrogens with one attached hydrogen (secondary N) is 1. The zero-order chi connectivity index (χ0) is 21.5. The standard InChI is InChI=1S/C17H29NO4S.C6H6/c1-16(2)14-10-13(8-6-4-5-7-9-15(19)20)11-17(16,12-14)18-23(3,21)22;1-2-4-6-5-3-1/h4,6,13-14,18H,5,7-12H2,1-3H3,(H,19,20);1-6H. The predicted octanol–water partition coefficient (Wildman–Crippen LogP) is 4.62. The fourth-order valence-corrected chi connectivity index (χ4v) is 5.95. The number of benzene rings is 1. The van der Waals surface area contributed by atoms with E-state index in [4.69, 9.17) is 5.11 Å². The number of unbranched alkanes of at least 4 members (excludes halogenated alkanes) is 1. The fourth-order valence-electron chi connectivity index (χ4n) is 4.81. The number of allylic oxidation sites excluding steroid dienone is 2. The second-order valence-corrected chi connectivity index (χ2v) is 10.8. The summed E-state index contributed by atoms with van der Waals surface area (Å²) in [7, 11) is -3.20. The molecule has 3 aliphatic carbocycles. The molecule has 162 valence electrons. The first-order valence-electron chi connectivity index (χ1n) is 10.4. The summed E-state index contributed by atoms with van der Waals surface area (Å²) in [6, 6.07) is 12.0. The van der Waals surface area contributed by atoms with Crippen LogP contribution in [0.2, 0.25) is 0 Å². The van der Waals surface area contributed by atoms with Gasteiger partial charge < -0.3 is 5.11 Å². The minimum absolute atomic E-state index is 0.0256. The summed E-state index contributed by atoms with van der Waals surface area (Å²) < 4.78 is 26.4. The summed E-state index contributed by atoms with van der Waals surface area (Å²) in [4.78, 5) is 10.5. The number of carboxylic acids is 1. The quantitative estimate of drug-likeness (QED) is 0.474. The summed E-state index contributed by atoms with van der Waals surface area (Å²) >= 11 is 0. The highest BCUT2D eigenvalue weighted by Crippen LogP contribution is 2.63. The lowest BCUT2D eigenvalue weighted by Gasteiger charge is -2.67. The maximum Gasteiger partial charge on any atom is 0.303 e. The van der Waals surface area contributed by atoms with Crippen molar-refractivity contribution < 1.29 is 18.3 Å². The van der Waals surface area contributed by atoms with E-state index in [1.807, 2.05) is 36.4 Å². The molecule has 29 heavy (non-hydrogen) atoms. The number of fused-ring (bicyclic) bond motifs is 2. The van der Waals surface area contributed by atoms with Gasteiger partial charge in [-0.3, -0.25) is 4.79 Å². The van der Waals surface area contributed by atoms with Crippen LogP contribution >= 0.6 is 0 Å². The van der Waals surface area contributed by atoms with Gasteiger partial charge in [0.25, 0.3) is 0 Å². The molecule has 2 N–H and O–H groups in total. The number of carbonyl (C=O) groups is 1. The molecule has 0 saturated heterocycles. The molecule has 2 bridgehead atoms. The van der Waals surface area contributed by atoms with E-state index in [-0.39, 0.29) is 17.4 Å². The SMILES string of the molecule is CC1(C)C2CC(CC=CCCCC(=O)O)CC1(NS(C)(=O)=O)C2.c1ccccc1. The molecule has 4 rings (SSSR count). The van der Waals surface area contributed by atoms with Crippen LogP contribution in [-0.2, 0) is 14.8 Å². The molecule has 0 aliphatic heterocycles.